The fourth-order valence-electron chi connectivity index (χ4n) is 3.10. The molecule has 0 fully saturated rings. The summed E-state index contributed by atoms with van der Waals surface area (Å²) in [5.74, 6) is 0.0493. The zero-order valence-electron chi connectivity index (χ0n) is 16.1. The highest BCUT2D eigenvalue weighted by atomic mass is 32.2. The molecule has 3 rings (SSSR count). The highest BCUT2D eigenvalue weighted by molar-refractivity contribution is 7.89. The Morgan fingerprint density at radius 3 is 1.66 bits per heavy atom. The Bertz CT molecular complexity index is 993. The lowest BCUT2D eigenvalue weighted by atomic mass is 10.1. The van der Waals surface area contributed by atoms with E-state index in [1.165, 1.54) is 12.1 Å². The Hall–Kier alpha value is -2.96. The molecule has 0 radical (unpaired) electrons. The van der Waals surface area contributed by atoms with E-state index in [1.54, 1.807) is 12.1 Å². The van der Waals surface area contributed by atoms with E-state index in [2.05, 4.69) is 0 Å². The molecule has 29 heavy (non-hydrogen) atoms. The summed E-state index contributed by atoms with van der Waals surface area (Å²) in [5, 5.41) is 5.13. The van der Waals surface area contributed by atoms with Gasteiger partial charge in [-0.2, -0.15) is 0 Å². The zero-order valence-corrected chi connectivity index (χ0v) is 16.9. The number of aryl methyl sites for hydroxylation is 1. The second-order valence-corrected chi connectivity index (χ2v) is 8.47. The molecule has 0 saturated heterocycles. The fraction of sp³-hybridized carbons (Fsp3) is 0.174. The van der Waals surface area contributed by atoms with Crippen LogP contribution in [0.5, 0.6) is 0 Å². The predicted octanol–water partition coefficient (Wildman–Crippen LogP) is 3.50. The van der Waals surface area contributed by atoms with E-state index in [0.717, 1.165) is 16.7 Å². The largest absolute Gasteiger partial charge is 0.334 e. The van der Waals surface area contributed by atoms with E-state index in [1.807, 2.05) is 65.6 Å². The van der Waals surface area contributed by atoms with Gasteiger partial charge in [0.2, 0.25) is 15.9 Å². The molecule has 2 N–H and O–H groups in total. The molecule has 0 aliphatic rings. The van der Waals surface area contributed by atoms with Crippen molar-refractivity contribution >= 4 is 15.9 Å². The van der Waals surface area contributed by atoms with Crippen LogP contribution in [0.2, 0.25) is 0 Å². The van der Waals surface area contributed by atoms with Crippen LogP contribution in [0.25, 0.3) is 0 Å². The summed E-state index contributed by atoms with van der Waals surface area (Å²) in [5.41, 5.74) is 3.05. The van der Waals surface area contributed by atoms with Crippen LogP contribution in [0.15, 0.2) is 89.8 Å². The second kappa shape index (κ2) is 9.49. The molecule has 1 amide bonds. The summed E-state index contributed by atoms with van der Waals surface area (Å²) in [6.45, 7) is 1.08. The molecule has 0 unspecified atom stereocenters. The molecule has 0 atom stereocenters. The van der Waals surface area contributed by atoms with Crippen molar-refractivity contribution in [3.8, 4) is 0 Å². The van der Waals surface area contributed by atoms with Crippen molar-refractivity contribution in [2.24, 2.45) is 5.14 Å². The topological polar surface area (TPSA) is 80.5 Å². The van der Waals surface area contributed by atoms with Crippen LogP contribution in [0, 0.1) is 0 Å². The third-order valence-electron chi connectivity index (χ3n) is 4.66. The summed E-state index contributed by atoms with van der Waals surface area (Å²) in [7, 11) is -3.71. The Morgan fingerprint density at radius 2 is 1.21 bits per heavy atom. The maximum absolute atomic E-state index is 13.0. The molecule has 0 aliphatic carbocycles. The average Bonchev–Trinajstić information content (AvgIpc) is 2.73. The van der Waals surface area contributed by atoms with E-state index in [-0.39, 0.29) is 10.8 Å². The number of sulfonamides is 1. The lowest BCUT2D eigenvalue weighted by Gasteiger charge is -2.23. The maximum Gasteiger partial charge on any atom is 0.238 e. The summed E-state index contributed by atoms with van der Waals surface area (Å²) >= 11 is 0. The number of benzene rings is 3. The Kier molecular flexibility index (Phi) is 6.80. The van der Waals surface area contributed by atoms with Gasteiger partial charge in [-0.1, -0.05) is 72.8 Å². The van der Waals surface area contributed by atoms with Gasteiger partial charge in [0.1, 0.15) is 0 Å². The molecule has 0 spiro atoms. The van der Waals surface area contributed by atoms with E-state index in [4.69, 9.17) is 5.14 Å². The van der Waals surface area contributed by atoms with Gasteiger partial charge in [0.25, 0.3) is 0 Å². The Morgan fingerprint density at radius 1 is 0.724 bits per heavy atom. The molecule has 0 heterocycles. The van der Waals surface area contributed by atoms with Crippen molar-refractivity contribution in [2.75, 3.05) is 0 Å². The number of nitrogens with zero attached hydrogens (tertiary/aromatic N) is 1. The van der Waals surface area contributed by atoms with Crippen molar-refractivity contribution in [1.29, 1.82) is 0 Å². The summed E-state index contributed by atoms with van der Waals surface area (Å²) in [6.07, 6.45) is 0.873. The second-order valence-electron chi connectivity index (χ2n) is 6.91. The van der Waals surface area contributed by atoms with Gasteiger partial charge in [-0.25, -0.2) is 13.6 Å². The van der Waals surface area contributed by atoms with E-state index < -0.39 is 10.0 Å². The smallest absolute Gasteiger partial charge is 0.238 e. The highest BCUT2D eigenvalue weighted by Gasteiger charge is 2.15. The number of hydrogen-bond donors (Lipinski definition) is 1. The van der Waals surface area contributed by atoms with Gasteiger partial charge in [0.15, 0.2) is 0 Å². The van der Waals surface area contributed by atoms with Gasteiger partial charge >= 0.3 is 0 Å². The van der Waals surface area contributed by atoms with Gasteiger partial charge in [0.05, 0.1) is 4.90 Å². The number of primary sulfonamides is 1. The lowest BCUT2D eigenvalue weighted by molar-refractivity contribution is -0.132. The van der Waals surface area contributed by atoms with Gasteiger partial charge < -0.3 is 4.90 Å². The number of carbonyl (C=O) groups is 1. The number of hydrogen-bond acceptors (Lipinski definition) is 3. The summed E-state index contributed by atoms with van der Waals surface area (Å²) < 4.78 is 22.7. The number of amides is 1. The molecule has 0 saturated carbocycles. The van der Waals surface area contributed by atoms with Crippen LogP contribution < -0.4 is 5.14 Å². The maximum atomic E-state index is 13.0. The SMILES string of the molecule is NS(=O)(=O)c1ccc(CCC(=O)N(Cc2ccccc2)Cc2ccccc2)cc1. The molecular formula is C23H24N2O3S. The fourth-order valence-corrected chi connectivity index (χ4v) is 3.61. The normalized spacial score (nSPS) is 11.2. The number of nitrogens with two attached hydrogens (primary N) is 1. The molecule has 5 nitrogen and oxygen atoms in total. The lowest BCUT2D eigenvalue weighted by Crippen LogP contribution is -2.30. The first-order chi connectivity index (χ1) is 13.9. The molecule has 3 aromatic carbocycles. The van der Waals surface area contributed by atoms with Gasteiger partial charge in [0, 0.05) is 19.5 Å². The van der Waals surface area contributed by atoms with Crippen LogP contribution >= 0.6 is 0 Å². The minimum atomic E-state index is -3.71. The molecular weight excluding hydrogens is 384 g/mol. The average molecular weight is 409 g/mol. The first kappa shape index (κ1) is 20.8. The Balaban J connectivity index is 1.68. The molecule has 3 aromatic rings. The van der Waals surface area contributed by atoms with Crippen LogP contribution in [-0.4, -0.2) is 19.2 Å². The summed E-state index contributed by atoms with van der Waals surface area (Å²) in [6, 6.07) is 26.2. The first-order valence-electron chi connectivity index (χ1n) is 9.39. The van der Waals surface area contributed by atoms with Gasteiger partial charge in [-0.3, -0.25) is 4.79 Å². The Labute approximate surface area is 171 Å². The quantitative estimate of drug-likeness (QED) is 0.619. The third-order valence-corrected chi connectivity index (χ3v) is 5.59. The minimum Gasteiger partial charge on any atom is -0.334 e. The van der Waals surface area contributed by atoms with Crippen molar-refractivity contribution < 1.29 is 13.2 Å². The van der Waals surface area contributed by atoms with E-state index in [9.17, 15) is 13.2 Å². The first-order valence-corrected chi connectivity index (χ1v) is 10.9. The van der Waals surface area contributed by atoms with E-state index in [0.29, 0.717) is 25.9 Å². The molecule has 0 bridgehead atoms. The van der Waals surface area contributed by atoms with Crippen LogP contribution in [0.4, 0.5) is 0 Å². The van der Waals surface area contributed by atoms with Gasteiger partial charge in [-0.15, -0.1) is 0 Å². The number of rotatable bonds is 8. The van der Waals surface area contributed by atoms with Crippen molar-refractivity contribution in [1.82, 2.24) is 4.90 Å². The van der Waals surface area contributed by atoms with Crippen molar-refractivity contribution in [2.45, 2.75) is 30.8 Å². The highest BCUT2D eigenvalue weighted by Crippen LogP contribution is 2.14. The number of carbonyl (C=O) groups excluding carboxylic acids is 1. The molecule has 150 valence electrons. The van der Waals surface area contributed by atoms with Crippen LogP contribution in [-0.2, 0) is 34.3 Å². The predicted molar refractivity (Wildman–Crippen MR) is 113 cm³/mol. The minimum absolute atomic E-state index is 0.0493. The molecule has 6 heteroatoms. The zero-order chi connectivity index (χ0) is 20.7. The van der Waals surface area contributed by atoms with Crippen molar-refractivity contribution in [3.05, 3.63) is 102 Å². The molecule has 0 aliphatic heterocycles. The van der Waals surface area contributed by atoms with Crippen molar-refractivity contribution in [3.63, 3.8) is 0 Å². The summed E-state index contributed by atoms with van der Waals surface area (Å²) in [4.78, 5) is 14.9. The van der Waals surface area contributed by atoms with Crippen LogP contribution in [0.1, 0.15) is 23.1 Å². The molecule has 0 aromatic heterocycles. The monoisotopic (exact) mass is 408 g/mol. The standard InChI is InChI=1S/C23H24N2O3S/c24-29(27,28)22-14-11-19(12-15-22)13-16-23(26)25(17-20-7-3-1-4-8-20)18-21-9-5-2-6-10-21/h1-12,14-15H,13,16-18H2,(H2,24,27,28). The van der Waals surface area contributed by atoms with Crippen LogP contribution in [0.3, 0.4) is 0 Å². The van der Waals surface area contributed by atoms with Gasteiger partial charge in [-0.05, 0) is 35.2 Å². The third kappa shape index (κ3) is 6.27. The van der Waals surface area contributed by atoms with E-state index >= 15 is 0 Å².